The van der Waals surface area contributed by atoms with E-state index in [4.69, 9.17) is 17.0 Å². The Labute approximate surface area is 181 Å². The van der Waals surface area contributed by atoms with E-state index in [1.165, 1.54) is 16.7 Å². The Balaban J connectivity index is 1.72. The van der Waals surface area contributed by atoms with Crippen LogP contribution < -0.4 is 10.1 Å². The predicted molar refractivity (Wildman–Crippen MR) is 120 cm³/mol. The van der Waals surface area contributed by atoms with E-state index in [9.17, 15) is 9.59 Å². The third-order valence-corrected chi connectivity index (χ3v) is 5.97. The molecule has 1 N–H and O–H groups in total. The van der Waals surface area contributed by atoms with E-state index in [1.807, 2.05) is 24.3 Å². The molecule has 5 nitrogen and oxygen atoms in total. The van der Waals surface area contributed by atoms with E-state index in [1.54, 1.807) is 44.4 Å². The molecule has 1 saturated heterocycles. The van der Waals surface area contributed by atoms with Gasteiger partial charge < -0.3 is 10.1 Å². The molecular weight excluding hydrogens is 460 g/mol. The molecule has 0 spiro atoms. The van der Waals surface area contributed by atoms with Gasteiger partial charge in [-0.1, -0.05) is 52.0 Å². The average Bonchev–Trinajstić information content (AvgIpc) is 2.96. The Hall–Kier alpha value is -2.16. The fourth-order valence-electron chi connectivity index (χ4n) is 2.56. The molecule has 3 rings (SSSR count). The summed E-state index contributed by atoms with van der Waals surface area (Å²) in [6.45, 7) is 1.66. The minimum Gasteiger partial charge on any atom is -0.497 e. The van der Waals surface area contributed by atoms with Crippen LogP contribution in [0.5, 0.6) is 5.75 Å². The third-order valence-electron chi connectivity index (χ3n) is 4.12. The summed E-state index contributed by atoms with van der Waals surface area (Å²) in [6, 6.07) is 13.8. The van der Waals surface area contributed by atoms with Gasteiger partial charge in [-0.2, -0.15) is 0 Å². The second kappa shape index (κ2) is 8.89. The van der Waals surface area contributed by atoms with E-state index in [0.29, 0.717) is 20.7 Å². The summed E-state index contributed by atoms with van der Waals surface area (Å²) in [6.07, 6.45) is 1.78. The molecule has 0 saturated carbocycles. The maximum atomic E-state index is 12.8. The summed E-state index contributed by atoms with van der Waals surface area (Å²) in [5, 5.41) is 2.80. The lowest BCUT2D eigenvalue weighted by atomic mass is 10.2. The SMILES string of the molecule is COc1ccc(NC(=O)C(C)N2C(=O)/C(=C/c3ccc(Br)cc3)SC2=S)cc1. The fourth-order valence-corrected chi connectivity index (χ4v) is 4.25. The summed E-state index contributed by atoms with van der Waals surface area (Å²) in [7, 11) is 1.58. The lowest BCUT2D eigenvalue weighted by molar-refractivity contribution is -0.129. The number of thioether (sulfide) groups is 1. The number of benzene rings is 2. The van der Waals surface area contributed by atoms with Gasteiger partial charge in [-0.3, -0.25) is 14.5 Å². The molecule has 1 fully saturated rings. The van der Waals surface area contributed by atoms with Gasteiger partial charge in [0.1, 0.15) is 16.1 Å². The number of carbonyl (C=O) groups excluding carboxylic acids is 2. The van der Waals surface area contributed by atoms with Gasteiger partial charge in [-0.15, -0.1) is 0 Å². The molecule has 1 atom stereocenters. The van der Waals surface area contributed by atoms with Crippen molar-refractivity contribution in [2.75, 3.05) is 12.4 Å². The number of thiocarbonyl (C=S) groups is 1. The quantitative estimate of drug-likeness (QED) is 0.501. The number of nitrogens with zero attached hydrogens (tertiary/aromatic N) is 1. The summed E-state index contributed by atoms with van der Waals surface area (Å²) in [4.78, 5) is 27.3. The predicted octanol–water partition coefficient (Wildman–Crippen LogP) is 4.69. The van der Waals surface area contributed by atoms with Crippen LogP contribution in [0.3, 0.4) is 0 Å². The minimum atomic E-state index is -0.731. The summed E-state index contributed by atoms with van der Waals surface area (Å²) < 4.78 is 6.43. The highest BCUT2D eigenvalue weighted by atomic mass is 79.9. The maximum absolute atomic E-state index is 12.8. The normalized spacial score (nSPS) is 16.4. The summed E-state index contributed by atoms with van der Waals surface area (Å²) in [5.74, 6) is 0.114. The molecular formula is C20H17BrN2O3S2. The number of halogens is 1. The van der Waals surface area contributed by atoms with Crippen molar-refractivity contribution in [3.8, 4) is 5.75 Å². The van der Waals surface area contributed by atoms with Crippen LogP contribution in [-0.2, 0) is 9.59 Å². The van der Waals surface area contributed by atoms with Crippen LogP contribution in [0.15, 0.2) is 57.9 Å². The van der Waals surface area contributed by atoms with Crippen molar-refractivity contribution in [1.29, 1.82) is 0 Å². The molecule has 2 amide bonds. The van der Waals surface area contributed by atoms with Crippen LogP contribution in [-0.4, -0.2) is 34.2 Å². The second-order valence-electron chi connectivity index (χ2n) is 6.00. The molecule has 1 unspecified atom stereocenters. The maximum Gasteiger partial charge on any atom is 0.266 e. The smallest absolute Gasteiger partial charge is 0.266 e. The van der Waals surface area contributed by atoms with Gasteiger partial charge in [0.25, 0.3) is 5.91 Å². The molecule has 2 aromatic rings. The first-order chi connectivity index (χ1) is 13.4. The molecule has 0 aliphatic carbocycles. The Morgan fingerprint density at radius 1 is 1.21 bits per heavy atom. The van der Waals surface area contributed by atoms with Crippen LogP contribution in [0.2, 0.25) is 0 Å². The van der Waals surface area contributed by atoms with E-state index in [-0.39, 0.29) is 11.8 Å². The highest BCUT2D eigenvalue weighted by Crippen LogP contribution is 2.34. The zero-order valence-electron chi connectivity index (χ0n) is 15.1. The van der Waals surface area contributed by atoms with Crippen LogP contribution in [0.4, 0.5) is 5.69 Å². The highest BCUT2D eigenvalue weighted by molar-refractivity contribution is 9.10. The van der Waals surface area contributed by atoms with Crippen molar-refractivity contribution in [3.05, 3.63) is 63.5 Å². The van der Waals surface area contributed by atoms with Crippen molar-refractivity contribution in [3.63, 3.8) is 0 Å². The van der Waals surface area contributed by atoms with Crippen molar-refractivity contribution in [1.82, 2.24) is 4.90 Å². The number of amides is 2. The first kappa shape index (κ1) is 20.6. The topological polar surface area (TPSA) is 58.6 Å². The van der Waals surface area contributed by atoms with Crippen molar-refractivity contribution in [2.24, 2.45) is 0 Å². The zero-order valence-corrected chi connectivity index (χ0v) is 18.4. The standard InChI is InChI=1S/C20H17BrN2O3S2/c1-12(18(24)22-15-7-9-16(26-2)10-8-15)23-19(25)17(28-20(23)27)11-13-3-5-14(21)6-4-13/h3-12H,1-2H3,(H,22,24)/b17-11-. The van der Waals surface area contributed by atoms with Crippen LogP contribution in [0.25, 0.3) is 6.08 Å². The number of anilines is 1. The number of methoxy groups -OCH3 is 1. The van der Waals surface area contributed by atoms with Gasteiger partial charge in [-0.25, -0.2) is 0 Å². The van der Waals surface area contributed by atoms with Crippen LogP contribution in [0, 0.1) is 0 Å². The summed E-state index contributed by atoms with van der Waals surface area (Å²) >= 11 is 9.93. The number of hydrogen-bond acceptors (Lipinski definition) is 5. The fraction of sp³-hybridized carbons (Fsp3) is 0.150. The van der Waals surface area contributed by atoms with Gasteiger partial charge in [0.05, 0.1) is 12.0 Å². The molecule has 0 aromatic heterocycles. The average molecular weight is 477 g/mol. The Morgan fingerprint density at radius 3 is 2.46 bits per heavy atom. The Kier molecular flexibility index (Phi) is 6.53. The largest absolute Gasteiger partial charge is 0.497 e. The molecule has 144 valence electrons. The molecule has 1 heterocycles. The first-order valence-electron chi connectivity index (χ1n) is 8.36. The number of carbonyl (C=O) groups is 2. The van der Waals surface area contributed by atoms with E-state index in [2.05, 4.69) is 21.2 Å². The van der Waals surface area contributed by atoms with Gasteiger partial charge in [0.2, 0.25) is 5.91 Å². The van der Waals surface area contributed by atoms with Crippen LogP contribution in [0.1, 0.15) is 12.5 Å². The van der Waals surface area contributed by atoms with E-state index < -0.39 is 6.04 Å². The van der Waals surface area contributed by atoms with E-state index >= 15 is 0 Å². The number of rotatable bonds is 5. The number of hydrogen-bond donors (Lipinski definition) is 1. The van der Waals surface area contributed by atoms with Crippen molar-refractivity contribution >= 4 is 67.8 Å². The Bertz CT molecular complexity index is 943. The zero-order chi connectivity index (χ0) is 20.3. The molecule has 1 aliphatic heterocycles. The lowest BCUT2D eigenvalue weighted by Gasteiger charge is -2.22. The van der Waals surface area contributed by atoms with Crippen molar-refractivity contribution in [2.45, 2.75) is 13.0 Å². The van der Waals surface area contributed by atoms with Gasteiger partial charge in [-0.05, 0) is 55.0 Å². The highest BCUT2D eigenvalue weighted by Gasteiger charge is 2.38. The second-order valence-corrected chi connectivity index (χ2v) is 8.59. The molecule has 0 radical (unpaired) electrons. The molecule has 1 aliphatic rings. The van der Waals surface area contributed by atoms with Crippen LogP contribution >= 0.6 is 39.9 Å². The third kappa shape index (κ3) is 4.63. The van der Waals surface area contributed by atoms with Gasteiger partial charge in [0, 0.05) is 10.2 Å². The monoisotopic (exact) mass is 476 g/mol. The number of ether oxygens (including phenoxy) is 1. The van der Waals surface area contributed by atoms with Crippen molar-refractivity contribution < 1.29 is 14.3 Å². The molecule has 0 bridgehead atoms. The lowest BCUT2D eigenvalue weighted by Crippen LogP contribution is -2.44. The van der Waals surface area contributed by atoms with Gasteiger partial charge in [0.15, 0.2) is 0 Å². The van der Waals surface area contributed by atoms with Gasteiger partial charge >= 0.3 is 0 Å². The summed E-state index contributed by atoms with van der Waals surface area (Å²) in [5.41, 5.74) is 1.51. The Morgan fingerprint density at radius 2 is 1.86 bits per heavy atom. The molecule has 2 aromatic carbocycles. The first-order valence-corrected chi connectivity index (χ1v) is 10.4. The minimum absolute atomic E-state index is 0.268. The molecule has 28 heavy (non-hydrogen) atoms. The number of nitrogens with one attached hydrogen (secondary N) is 1. The molecule has 8 heteroatoms. The van der Waals surface area contributed by atoms with E-state index in [0.717, 1.165) is 10.0 Å².